The molecule has 3 rings (SSSR count). The highest BCUT2D eigenvalue weighted by Gasteiger charge is 2.12. The van der Waals surface area contributed by atoms with E-state index in [2.05, 4.69) is 0 Å². The van der Waals surface area contributed by atoms with Gasteiger partial charge < -0.3 is 4.42 Å². The van der Waals surface area contributed by atoms with Gasteiger partial charge in [0.2, 0.25) is 0 Å². The number of hydrogen-bond donors (Lipinski definition) is 0. The zero-order valence-electron chi connectivity index (χ0n) is 10.7. The van der Waals surface area contributed by atoms with E-state index in [0.717, 1.165) is 33.4 Å². The quantitative estimate of drug-likeness (QED) is 0.614. The lowest BCUT2D eigenvalue weighted by Crippen LogP contribution is -1.93. The van der Waals surface area contributed by atoms with Crippen molar-refractivity contribution < 1.29 is 9.21 Å². The van der Waals surface area contributed by atoms with Gasteiger partial charge in [-0.1, -0.05) is 25.1 Å². The Labute approximate surface area is 115 Å². The van der Waals surface area contributed by atoms with E-state index in [0.29, 0.717) is 6.42 Å². The van der Waals surface area contributed by atoms with Gasteiger partial charge in [-0.15, -0.1) is 11.3 Å². The molecule has 0 radical (unpaired) electrons. The first-order valence-corrected chi connectivity index (χ1v) is 7.26. The van der Waals surface area contributed by atoms with Crippen LogP contribution in [0.15, 0.2) is 46.4 Å². The molecular weight excluding hydrogens is 256 g/mol. The summed E-state index contributed by atoms with van der Waals surface area (Å²) in [6.45, 7) is 2.02. The van der Waals surface area contributed by atoms with Crippen LogP contribution in [0.2, 0.25) is 0 Å². The summed E-state index contributed by atoms with van der Waals surface area (Å²) in [5.41, 5.74) is 2.99. The van der Waals surface area contributed by atoms with Crippen molar-refractivity contribution in [2.24, 2.45) is 0 Å². The summed E-state index contributed by atoms with van der Waals surface area (Å²) in [5.74, 6) is 0.227. The van der Waals surface area contributed by atoms with Gasteiger partial charge in [0.15, 0.2) is 5.78 Å². The standard InChI is InChI=1S/C16H14O2S/c1-2-4-14(17)15-9-12(10-19-15)13-6-3-5-11-7-8-18-16(11)13/h3,5-10H,2,4H2,1H3. The van der Waals surface area contributed by atoms with E-state index < -0.39 is 0 Å². The Hall–Kier alpha value is -1.87. The van der Waals surface area contributed by atoms with Crippen LogP contribution in [0, 0.1) is 0 Å². The first kappa shape index (κ1) is 12.2. The first-order valence-electron chi connectivity index (χ1n) is 6.38. The number of para-hydroxylation sites is 1. The molecule has 19 heavy (non-hydrogen) atoms. The average Bonchev–Trinajstić information content (AvgIpc) is 3.07. The van der Waals surface area contributed by atoms with Crippen LogP contribution in [0.3, 0.4) is 0 Å². The van der Waals surface area contributed by atoms with Gasteiger partial charge in [-0.05, 0) is 29.5 Å². The molecule has 0 bridgehead atoms. The first-order chi connectivity index (χ1) is 9.29. The molecule has 0 atom stereocenters. The zero-order chi connectivity index (χ0) is 13.2. The van der Waals surface area contributed by atoms with Crippen LogP contribution in [0.25, 0.3) is 22.1 Å². The lowest BCUT2D eigenvalue weighted by Gasteiger charge is -1.98. The van der Waals surface area contributed by atoms with Crippen molar-refractivity contribution in [2.45, 2.75) is 19.8 Å². The van der Waals surface area contributed by atoms with Gasteiger partial charge in [0.1, 0.15) is 5.58 Å². The molecule has 0 saturated carbocycles. The van der Waals surface area contributed by atoms with E-state index in [-0.39, 0.29) is 5.78 Å². The van der Waals surface area contributed by atoms with E-state index in [1.54, 1.807) is 6.26 Å². The van der Waals surface area contributed by atoms with E-state index in [9.17, 15) is 4.79 Å². The van der Waals surface area contributed by atoms with Crippen molar-refractivity contribution in [3.63, 3.8) is 0 Å². The fourth-order valence-electron chi connectivity index (χ4n) is 2.19. The number of ketones is 1. The number of benzene rings is 1. The van der Waals surface area contributed by atoms with Crippen LogP contribution >= 0.6 is 11.3 Å². The molecule has 2 aromatic heterocycles. The SMILES string of the molecule is CCCC(=O)c1cc(-c2cccc3ccoc23)cs1. The number of thiophene rings is 1. The van der Waals surface area contributed by atoms with E-state index in [1.165, 1.54) is 11.3 Å². The van der Waals surface area contributed by atoms with Gasteiger partial charge >= 0.3 is 0 Å². The second-order valence-corrected chi connectivity index (χ2v) is 5.43. The van der Waals surface area contributed by atoms with E-state index in [1.807, 2.05) is 42.6 Å². The smallest absolute Gasteiger partial charge is 0.172 e. The largest absolute Gasteiger partial charge is 0.464 e. The second-order valence-electron chi connectivity index (χ2n) is 4.52. The van der Waals surface area contributed by atoms with Crippen molar-refractivity contribution in [2.75, 3.05) is 0 Å². The summed E-state index contributed by atoms with van der Waals surface area (Å²) in [6.07, 6.45) is 3.20. The van der Waals surface area contributed by atoms with Crippen LogP contribution in [0.4, 0.5) is 0 Å². The summed E-state index contributed by atoms with van der Waals surface area (Å²) >= 11 is 1.51. The molecule has 2 nitrogen and oxygen atoms in total. The number of furan rings is 1. The maximum absolute atomic E-state index is 11.9. The van der Waals surface area contributed by atoms with Crippen molar-refractivity contribution in [3.05, 3.63) is 46.9 Å². The number of hydrogen-bond acceptors (Lipinski definition) is 3. The fourth-order valence-corrected chi connectivity index (χ4v) is 3.07. The van der Waals surface area contributed by atoms with Crippen molar-refractivity contribution in [3.8, 4) is 11.1 Å². The molecule has 0 amide bonds. The predicted octanol–water partition coefficient (Wildman–Crippen LogP) is 5.14. The molecule has 0 N–H and O–H groups in total. The maximum atomic E-state index is 11.9. The second kappa shape index (κ2) is 5.02. The number of fused-ring (bicyclic) bond motifs is 1. The molecule has 0 unspecified atom stereocenters. The molecule has 3 heteroatoms. The Morgan fingerprint density at radius 3 is 3.05 bits per heavy atom. The summed E-state index contributed by atoms with van der Waals surface area (Å²) in [7, 11) is 0. The molecule has 3 aromatic rings. The summed E-state index contributed by atoms with van der Waals surface area (Å²) in [4.78, 5) is 12.7. The van der Waals surface area contributed by atoms with Crippen molar-refractivity contribution in [1.82, 2.24) is 0 Å². The third-order valence-electron chi connectivity index (χ3n) is 3.14. The Morgan fingerprint density at radius 1 is 1.32 bits per heavy atom. The van der Waals surface area contributed by atoms with E-state index in [4.69, 9.17) is 4.42 Å². The lowest BCUT2D eigenvalue weighted by molar-refractivity contribution is 0.0985. The molecule has 2 heterocycles. The summed E-state index contributed by atoms with van der Waals surface area (Å²) in [6, 6.07) is 9.99. The fraction of sp³-hybridized carbons (Fsp3) is 0.188. The topological polar surface area (TPSA) is 30.2 Å². The number of carbonyl (C=O) groups excluding carboxylic acids is 1. The monoisotopic (exact) mass is 270 g/mol. The van der Waals surface area contributed by atoms with Gasteiger partial charge in [0.05, 0.1) is 11.1 Å². The molecule has 0 aliphatic heterocycles. The van der Waals surface area contributed by atoms with Gasteiger partial charge in [-0.25, -0.2) is 0 Å². The Balaban J connectivity index is 2.03. The molecule has 0 spiro atoms. The lowest BCUT2D eigenvalue weighted by atomic mass is 10.1. The molecule has 1 aromatic carbocycles. The minimum absolute atomic E-state index is 0.227. The Bertz CT molecular complexity index is 721. The third-order valence-corrected chi connectivity index (χ3v) is 4.11. The Morgan fingerprint density at radius 2 is 2.21 bits per heavy atom. The van der Waals surface area contributed by atoms with Crippen LogP contribution in [-0.4, -0.2) is 5.78 Å². The van der Waals surface area contributed by atoms with Crippen LogP contribution in [0.5, 0.6) is 0 Å². The maximum Gasteiger partial charge on any atom is 0.172 e. The highest BCUT2D eigenvalue weighted by molar-refractivity contribution is 7.12. The van der Waals surface area contributed by atoms with Gasteiger partial charge in [0.25, 0.3) is 0 Å². The minimum atomic E-state index is 0.227. The number of carbonyl (C=O) groups is 1. The zero-order valence-corrected chi connectivity index (χ0v) is 11.5. The third kappa shape index (κ3) is 2.22. The van der Waals surface area contributed by atoms with Crippen LogP contribution in [0.1, 0.15) is 29.4 Å². The van der Waals surface area contributed by atoms with Crippen LogP contribution < -0.4 is 0 Å². The van der Waals surface area contributed by atoms with Gasteiger partial charge in [0, 0.05) is 17.4 Å². The molecule has 96 valence electrons. The summed E-state index contributed by atoms with van der Waals surface area (Å²) < 4.78 is 5.54. The van der Waals surface area contributed by atoms with Gasteiger partial charge in [-0.3, -0.25) is 4.79 Å². The van der Waals surface area contributed by atoms with Gasteiger partial charge in [-0.2, -0.15) is 0 Å². The predicted molar refractivity (Wildman–Crippen MR) is 78.8 cm³/mol. The van der Waals surface area contributed by atoms with Crippen LogP contribution in [-0.2, 0) is 0 Å². The highest BCUT2D eigenvalue weighted by Crippen LogP contribution is 2.32. The van der Waals surface area contributed by atoms with Crippen molar-refractivity contribution in [1.29, 1.82) is 0 Å². The number of rotatable bonds is 4. The molecule has 0 fully saturated rings. The molecule has 0 aliphatic carbocycles. The molecular formula is C16H14O2S. The Kier molecular flexibility index (Phi) is 3.22. The minimum Gasteiger partial charge on any atom is -0.464 e. The van der Waals surface area contributed by atoms with E-state index >= 15 is 0 Å². The molecule has 0 saturated heterocycles. The highest BCUT2D eigenvalue weighted by atomic mass is 32.1. The summed E-state index contributed by atoms with van der Waals surface area (Å²) in [5, 5.41) is 3.12. The molecule has 0 aliphatic rings. The average molecular weight is 270 g/mol. The normalized spacial score (nSPS) is 11.0. The van der Waals surface area contributed by atoms with Crippen molar-refractivity contribution >= 4 is 28.1 Å². The number of Topliss-reactive ketones (excluding diaryl/α,β-unsaturated/α-hetero) is 1.